The summed E-state index contributed by atoms with van der Waals surface area (Å²) in [4.78, 5) is 34.4. The summed E-state index contributed by atoms with van der Waals surface area (Å²) in [5.41, 5.74) is -0.152. The summed E-state index contributed by atoms with van der Waals surface area (Å²) >= 11 is 5.91. The minimum Gasteiger partial charge on any atom is -0.353 e. The largest absolute Gasteiger partial charge is 0.471 e. The fourth-order valence-electron chi connectivity index (χ4n) is 3.31. The lowest BCUT2D eigenvalue weighted by Crippen LogP contribution is -2.49. The van der Waals surface area contributed by atoms with Gasteiger partial charge < -0.3 is 14.3 Å². The fraction of sp³-hybridized carbons (Fsp3) is 0.263. The van der Waals surface area contributed by atoms with Gasteiger partial charge in [-0.05, 0) is 24.3 Å². The number of pyridine rings is 1. The minimum absolute atomic E-state index is 0.0817. The number of hydrogen-bond acceptors (Lipinski definition) is 8. The molecule has 10 nitrogen and oxygen atoms in total. The Morgan fingerprint density at radius 2 is 1.88 bits per heavy atom. The highest BCUT2D eigenvalue weighted by Gasteiger charge is 2.38. The molecular weight excluding hydrogens is 469 g/mol. The molecule has 0 spiro atoms. The number of carbonyl (C=O) groups is 1. The van der Waals surface area contributed by atoms with Crippen molar-refractivity contribution in [2.75, 3.05) is 31.1 Å². The van der Waals surface area contributed by atoms with Gasteiger partial charge in [0.05, 0.1) is 4.92 Å². The van der Waals surface area contributed by atoms with Gasteiger partial charge in [0.15, 0.2) is 0 Å². The number of hydrogen-bond donors (Lipinski definition) is 0. The smallest absolute Gasteiger partial charge is 0.353 e. The van der Waals surface area contributed by atoms with E-state index in [1.54, 1.807) is 6.07 Å². The monoisotopic (exact) mass is 482 g/mol. The van der Waals surface area contributed by atoms with Crippen molar-refractivity contribution in [3.05, 3.63) is 63.1 Å². The first-order valence-corrected chi connectivity index (χ1v) is 9.87. The van der Waals surface area contributed by atoms with Crippen LogP contribution in [0.1, 0.15) is 16.2 Å². The second-order valence-corrected chi connectivity index (χ2v) is 7.46. The molecule has 0 bridgehead atoms. The van der Waals surface area contributed by atoms with Crippen LogP contribution in [0.5, 0.6) is 0 Å². The molecule has 3 heterocycles. The summed E-state index contributed by atoms with van der Waals surface area (Å²) in [6.45, 7) is 1.36. The molecule has 0 saturated carbocycles. The highest BCUT2D eigenvalue weighted by Crippen LogP contribution is 2.30. The minimum atomic E-state index is -4.73. The number of nitro groups is 1. The maximum Gasteiger partial charge on any atom is 0.471 e. The van der Waals surface area contributed by atoms with Crippen LogP contribution in [0.4, 0.5) is 24.7 Å². The van der Waals surface area contributed by atoms with Gasteiger partial charge in [0.2, 0.25) is 5.82 Å². The van der Waals surface area contributed by atoms with Crippen LogP contribution in [0.2, 0.25) is 5.02 Å². The summed E-state index contributed by atoms with van der Waals surface area (Å²) in [5, 5.41) is 14.8. The van der Waals surface area contributed by atoms with Crippen molar-refractivity contribution in [2.45, 2.75) is 6.18 Å². The number of rotatable bonds is 4. The van der Waals surface area contributed by atoms with Crippen molar-refractivity contribution in [1.29, 1.82) is 0 Å². The van der Waals surface area contributed by atoms with Gasteiger partial charge in [-0.3, -0.25) is 14.9 Å². The van der Waals surface area contributed by atoms with Crippen LogP contribution in [0, 0.1) is 10.1 Å². The Labute approximate surface area is 188 Å². The Morgan fingerprint density at radius 1 is 1.15 bits per heavy atom. The third-order valence-electron chi connectivity index (χ3n) is 4.95. The molecule has 1 amide bonds. The lowest BCUT2D eigenvalue weighted by molar-refractivity contribution is -0.385. The summed E-state index contributed by atoms with van der Waals surface area (Å²) in [7, 11) is 0. The van der Waals surface area contributed by atoms with Crippen LogP contribution in [0.25, 0.3) is 11.4 Å². The van der Waals surface area contributed by atoms with E-state index in [1.807, 2.05) is 4.90 Å². The Hall–Kier alpha value is -3.74. The molecule has 33 heavy (non-hydrogen) atoms. The number of piperazine rings is 1. The zero-order valence-electron chi connectivity index (χ0n) is 16.6. The molecule has 1 aliphatic heterocycles. The molecule has 0 radical (unpaired) electrons. The Morgan fingerprint density at radius 3 is 2.45 bits per heavy atom. The molecular formula is C19H14ClF3N6O4. The van der Waals surface area contributed by atoms with E-state index in [9.17, 15) is 28.1 Å². The van der Waals surface area contributed by atoms with E-state index < -0.39 is 22.9 Å². The highest BCUT2D eigenvalue weighted by atomic mass is 35.5. The second-order valence-electron chi connectivity index (χ2n) is 7.02. The number of nitrogens with zero attached hydrogens (tertiary/aromatic N) is 6. The molecule has 172 valence electrons. The molecule has 1 fully saturated rings. The quantitative estimate of drug-likeness (QED) is 0.408. The van der Waals surface area contributed by atoms with Crippen molar-refractivity contribution < 1.29 is 27.4 Å². The summed E-state index contributed by atoms with van der Waals surface area (Å²) in [6.07, 6.45) is -3.41. The SMILES string of the molecule is O=C(c1cc(Cl)ccc1[N+](=O)[O-])N1CCN(c2ccc(-c3noc(C(F)(F)F)n3)cn2)CC1. The third-order valence-corrected chi connectivity index (χ3v) is 5.19. The average molecular weight is 483 g/mol. The topological polar surface area (TPSA) is 118 Å². The van der Waals surface area contributed by atoms with Gasteiger partial charge in [0.25, 0.3) is 11.6 Å². The van der Waals surface area contributed by atoms with Crippen LogP contribution >= 0.6 is 11.6 Å². The van der Waals surface area contributed by atoms with E-state index in [2.05, 4.69) is 19.6 Å². The molecule has 1 saturated heterocycles. The van der Waals surface area contributed by atoms with E-state index in [4.69, 9.17) is 11.6 Å². The van der Waals surface area contributed by atoms with Gasteiger partial charge in [-0.1, -0.05) is 16.8 Å². The first-order chi connectivity index (χ1) is 15.6. The first-order valence-electron chi connectivity index (χ1n) is 9.49. The molecule has 1 aliphatic rings. The van der Waals surface area contributed by atoms with Gasteiger partial charge in [-0.25, -0.2) is 4.98 Å². The molecule has 3 aromatic rings. The molecule has 0 atom stereocenters. The third kappa shape index (κ3) is 4.72. The predicted octanol–water partition coefficient (Wildman–Crippen LogP) is 3.67. The Bertz CT molecular complexity index is 1190. The lowest BCUT2D eigenvalue weighted by atomic mass is 10.1. The normalized spacial score (nSPS) is 14.4. The Kier molecular flexibility index (Phi) is 5.89. The van der Waals surface area contributed by atoms with Gasteiger partial charge in [-0.15, -0.1) is 0 Å². The maximum atomic E-state index is 12.8. The molecule has 0 N–H and O–H groups in total. The number of aromatic nitrogens is 3. The van der Waals surface area contributed by atoms with E-state index >= 15 is 0 Å². The maximum absolute atomic E-state index is 12.8. The number of halogens is 4. The predicted molar refractivity (Wildman–Crippen MR) is 109 cm³/mol. The van der Waals surface area contributed by atoms with E-state index in [-0.39, 0.29) is 40.8 Å². The Balaban J connectivity index is 1.42. The molecule has 2 aromatic heterocycles. The summed E-state index contributed by atoms with van der Waals surface area (Å²) in [6, 6.07) is 6.93. The molecule has 0 unspecified atom stereocenters. The molecule has 14 heteroatoms. The lowest BCUT2D eigenvalue weighted by Gasteiger charge is -2.35. The average Bonchev–Trinajstić information content (AvgIpc) is 3.30. The number of benzene rings is 1. The first kappa shape index (κ1) is 22.5. The highest BCUT2D eigenvalue weighted by molar-refractivity contribution is 6.31. The van der Waals surface area contributed by atoms with Crippen LogP contribution < -0.4 is 4.90 Å². The van der Waals surface area contributed by atoms with Gasteiger partial charge in [0.1, 0.15) is 11.4 Å². The van der Waals surface area contributed by atoms with Gasteiger partial charge in [0, 0.05) is 49.0 Å². The van der Waals surface area contributed by atoms with Gasteiger partial charge in [-0.2, -0.15) is 18.2 Å². The molecule has 0 aliphatic carbocycles. The number of amides is 1. The number of carbonyl (C=O) groups excluding carboxylic acids is 1. The van der Waals surface area contributed by atoms with Crippen LogP contribution in [0.15, 0.2) is 41.1 Å². The van der Waals surface area contributed by atoms with Gasteiger partial charge >= 0.3 is 12.1 Å². The van der Waals surface area contributed by atoms with E-state index in [0.717, 1.165) is 0 Å². The van der Waals surface area contributed by atoms with Crippen molar-refractivity contribution in [3.63, 3.8) is 0 Å². The standard InChI is InChI=1S/C19H14ClF3N6O4/c20-12-2-3-14(29(31)32)13(9-12)17(30)28-7-5-27(6-8-28)15-4-1-11(10-24-15)16-25-18(33-26-16)19(21,22)23/h1-4,9-10H,5-8H2. The van der Waals surface area contributed by atoms with Crippen LogP contribution in [-0.4, -0.2) is 57.0 Å². The van der Waals surface area contributed by atoms with Crippen molar-refractivity contribution >= 4 is 29.0 Å². The fourth-order valence-corrected chi connectivity index (χ4v) is 3.48. The summed E-state index contributed by atoms with van der Waals surface area (Å²) in [5.74, 6) is -1.63. The zero-order valence-corrected chi connectivity index (χ0v) is 17.4. The number of anilines is 1. The summed E-state index contributed by atoms with van der Waals surface area (Å²) < 4.78 is 42.1. The van der Waals surface area contributed by atoms with E-state index in [0.29, 0.717) is 18.9 Å². The van der Waals surface area contributed by atoms with Crippen LogP contribution in [0.3, 0.4) is 0 Å². The molecule has 1 aromatic carbocycles. The number of alkyl halides is 3. The number of nitro benzene ring substituents is 1. The van der Waals surface area contributed by atoms with Crippen molar-refractivity contribution in [2.24, 2.45) is 0 Å². The molecule has 4 rings (SSSR count). The van der Waals surface area contributed by atoms with E-state index in [1.165, 1.54) is 35.4 Å². The zero-order chi connectivity index (χ0) is 23.8. The van der Waals surface area contributed by atoms with Crippen LogP contribution in [-0.2, 0) is 6.18 Å². The second kappa shape index (κ2) is 8.65. The van der Waals surface area contributed by atoms with Crippen molar-refractivity contribution in [3.8, 4) is 11.4 Å². The van der Waals surface area contributed by atoms with Crippen molar-refractivity contribution in [1.82, 2.24) is 20.0 Å².